The van der Waals surface area contributed by atoms with E-state index in [1.807, 2.05) is 11.0 Å². The molecule has 2 aromatic carbocycles. The molecule has 12 heteroatoms. The van der Waals surface area contributed by atoms with E-state index >= 15 is 0 Å². The first-order valence-corrected chi connectivity index (χ1v) is 12.8. The van der Waals surface area contributed by atoms with E-state index in [0.717, 1.165) is 12.1 Å². The Kier molecular flexibility index (Phi) is 7.64. The molecule has 42 heavy (non-hydrogen) atoms. The van der Waals surface area contributed by atoms with E-state index in [9.17, 15) is 27.2 Å². The molecular weight excluding hydrogens is 552 g/mol. The number of pyridine rings is 1. The van der Waals surface area contributed by atoms with Gasteiger partial charge in [-0.1, -0.05) is 12.0 Å². The van der Waals surface area contributed by atoms with Crippen molar-refractivity contribution in [1.82, 2.24) is 20.1 Å². The van der Waals surface area contributed by atoms with Gasteiger partial charge in [-0.3, -0.25) is 9.59 Å². The van der Waals surface area contributed by atoms with Crippen molar-refractivity contribution in [2.75, 3.05) is 31.1 Å². The Morgan fingerprint density at radius 1 is 1.07 bits per heavy atom. The van der Waals surface area contributed by atoms with Crippen molar-refractivity contribution in [2.45, 2.75) is 19.5 Å². The maximum Gasteiger partial charge on any atom is 0.417 e. The van der Waals surface area contributed by atoms with Crippen molar-refractivity contribution in [1.29, 1.82) is 5.26 Å². The third kappa shape index (κ3) is 5.65. The summed E-state index contributed by atoms with van der Waals surface area (Å²) in [6.07, 6.45) is -3.42. The summed E-state index contributed by atoms with van der Waals surface area (Å²) in [7, 11) is 0. The first kappa shape index (κ1) is 28.3. The normalized spacial score (nSPS) is 13.4. The molecule has 0 bridgehead atoms. The number of nitriles is 1. The number of hydrogen-bond donors (Lipinski definition) is 1. The van der Waals surface area contributed by atoms with Crippen LogP contribution in [0.25, 0.3) is 10.8 Å². The SMILES string of the molecule is CC#Cc1cc(C(F)(F)F)c2c(=O)[nH]nc(Cc3ccc(F)c(C(=O)N4CCN(c5ccc(C#N)cn5)CC4)c3)c2c1. The summed E-state index contributed by atoms with van der Waals surface area (Å²) < 4.78 is 56.5. The molecule has 0 radical (unpaired) electrons. The molecule has 2 aromatic heterocycles. The largest absolute Gasteiger partial charge is 0.417 e. The Balaban J connectivity index is 1.41. The van der Waals surface area contributed by atoms with E-state index in [-0.39, 0.29) is 28.6 Å². The molecule has 8 nitrogen and oxygen atoms in total. The second-order valence-corrected chi connectivity index (χ2v) is 9.61. The number of aromatic nitrogens is 3. The Bertz CT molecular complexity index is 1840. The molecular formula is C30H22F4N6O2. The number of carbonyl (C=O) groups excluding carboxylic acids is 1. The molecule has 0 unspecified atom stereocenters. The van der Waals surface area contributed by atoms with E-state index in [1.165, 1.54) is 36.2 Å². The van der Waals surface area contributed by atoms with Crippen LogP contribution in [0.1, 0.15) is 45.2 Å². The minimum atomic E-state index is -4.81. The van der Waals surface area contributed by atoms with Gasteiger partial charge in [0.2, 0.25) is 0 Å². The van der Waals surface area contributed by atoms with Gasteiger partial charge in [0.05, 0.1) is 27.8 Å². The molecule has 1 saturated heterocycles. The van der Waals surface area contributed by atoms with Gasteiger partial charge < -0.3 is 9.80 Å². The Hall–Kier alpha value is -5.23. The van der Waals surface area contributed by atoms with Gasteiger partial charge >= 0.3 is 6.18 Å². The van der Waals surface area contributed by atoms with E-state index in [2.05, 4.69) is 27.0 Å². The number of halogens is 4. The van der Waals surface area contributed by atoms with Crippen molar-refractivity contribution in [2.24, 2.45) is 0 Å². The number of fused-ring (bicyclic) bond motifs is 1. The number of alkyl halides is 3. The number of nitrogens with zero attached hydrogens (tertiary/aromatic N) is 5. The average Bonchev–Trinajstić information content (AvgIpc) is 2.98. The summed E-state index contributed by atoms with van der Waals surface area (Å²) in [6.45, 7) is 2.98. The fourth-order valence-corrected chi connectivity index (χ4v) is 4.91. The lowest BCUT2D eigenvalue weighted by Gasteiger charge is -2.35. The number of nitrogens with one attached hydrogen (secondary N) is 1. The molecule has 1 aliphatic heterocycles. The molecule has 1 aliphatic rings. The maximum absolute atomic E-state index is 14.9. The number of aromatic amines is 1. The lowest BCUT2D eigenvalue weighted by molar-refractivity contribution is -0.136. The van der Waals surface area contributed by atoms with Crippen molar-refractivity contribution >= 4 is 22.5 Å². The smallest absolute Gasteiger partial charge is 0.353 e. The van der Waals surface area contributed by atoms with Gasteiger partial charge in [0.15, 0.2) is 0 Å². The molecule has 1 amide bonds. The van der Waals surface area contributed by atoms with E-state index in [4.69, 9.17) is 5.26 Å². The molecule has 3 heterocycles. The van der Waals surface area contributed by atoms with Crippen LogP contribution in [0.2, 0.25) is 0 Å². The van der Waals surface area contributed by atoms with Gasteiger partial charge in [-0.25, -0.2) is 14.5 Å². The van der Waals surface area contributed by atoms with Crippen molar-refractivity contribution in [3.63, 3.8) is 0 Å². The average molecular weight is 575 g/mol. The van der Waals surface area contributed by atoms with E-state index in [1.54, 1.807) is 12.1 Å². The predicted octanol–water partition coefficient (Wildman–Crippen LogP) is 4.27. The summed E-state index contributed by atoms with van der Waals surface area (Å²) in [5.41, 5.74) is -1.28. The molecule has 5 rings (SSSR count). The fourth-order valence-electron chi connectivity index (χ4n) is 4.91. The Morgan fingerprint density at radius 3 is 2.48 bits per heavy atom. The van der Waals surface area contributed by atoms with E-state index in [0.29, 0.717) is 43.1 Å². The monoisotopic (exact) mass is 574 g/mol. The van der Waals surface area contributed by atoms with Gasteiger partial charge in [-0.2, -0.15) is 23.5 Å². The number of carbonyl (C=O) groups is 1. The number of amides is 1. The summed E-state index contributed by atoms with van der Waals surface area (Å²) in [6, 6.07) is 11.5. The van der Waals surface area contributed by atoms with Crippen molar-refractivity contribution < 1.29 is 22.4 Å². The standard InChI is InChI=1S/C30H22F4N6O2/c1-2-3-18-13-22-25(37-38-28(41)27(22)23(14-18)30(32,33)34)15-19-4-6-24(31)21(12-19)29(42)40-10-8-39(9-11-40)26-7-5-20(16-35)17-36-26/h4-7,12-14,17H,8-11,15H2,1H3,(H,38,41). The zero-order valence-corrected chi connectivity index (χ0v) is 22.2. The van der Waals surface area contributed by atoms with Crippen molar-refractivity contribution in [3.05, 3.63) is 98.3 Å². The fraction of sp³-hybridized carbons (Fsp3) is 0.233. The molecule has 0 atom stereocenters. The van der Waals surface area contributed by atoms with Gasteiger partial charge in [-0.05, 0) is 48.9 Å². The third-order valence-corrected chi connectivity index (χ3v) is 6.94. The number of benzene rings is 2. The summed E-state index contributed by atoms with van der Waals surface area (Å²) in [4.78, 5) is 33.5. The number of hydrogen-bond acceptors (Lipinski definition) is 6. The molecule has 1 fully saturated rings. The lowest BCUT2D eigenvalue weighted by atomic mass is 9.97. The highest BCUT2D eigenvalue weighted by atomic mass is 19.4. The number of rotatable bonds is 4. The lowest BCUT2D eigenvalue weighted by Crippen LogP contribution is -2.49. The second-order valence-electron chi connectivity index (χ2n) is 9.61. The highest BCUT2D eigenvalue weighted by molar-refractivity contribution is 5.95. The topological polar surface area (TPSA) is 106 Å². The van der Waals surface area contributed by atoms with Gasteiger partial charge in [0.25, 0.3) is 11.5 Å². The van der Waals surface area contributed by atoms with Crippen LogP contribution in [-0.4, -0.2) is 52.2 Å². The molecule has 0 spiro atoms. The van der Waals surface area contributed by atoms with Crippen LogP contribution in [-0.2, 0) is 12.6 Å². The maximum atomic E-state index is 14.9. The Labute approximate surface area is 237 Å². The van der Waals surface area contributed by atoms with Crippen LogP contribution in [0.15, 0.2) is 53.5 Å². The van der Waals surface area contributed by atoms with Crippen LogP contribution in [0, 0.1) is 29.0 Å². The van der Waals surface area contributed by atoms with Gasteiger partial charge in [0, 0.05) is 49.7 Å². The molecule has 212 valence electrons. The number of piperazine rings is 1. The Morgan fingerprint density at radius 2 is 1.83 bits per heavy atom. The summed E-state index contributed by atoms with van der Waals surface area (Å²) >= 11 is 0. The zero-order valence-electron chi connectivity index (χ0n) is 22.2. The second kappa shape index (κ2) is 11.3. The van der Waals surface area contributed by atoms with E-state index < -0.39 is 34.4 Å². The zero-order chi connectivity index (χ0) is 30.0. The first-order valence-electron chi connectivity index (χ1n) is 12.8. The summed E-state index contributed by atoms with van der Waals surface area (Å²) in [5.74, 6) is 4.56. The highest BCUT2D eigenvalue weighted by Gasteiger charge is 2.35. The first-order chi connectivity index (χ1) is 20.1. The van der Waals surface area contributed by atoms with Crippen LogP contribution < -0.4 is 10.5 Å². The van der Waals surface area contributed by atoms with Gasteiger partial charge in [-0.15, -0.1) is 5.92 Å². The van der Waals surface area contributed by atoms with Crippen molar-refractivity contribution in [3.8, 4) is 17.9 Å². The quantitative estimate of drug-likeness (QED) is 0.288. The number of anilines is 1. The van der Waals surface area contributed by atoms with Crippen LogP contribution in [0.3, 0.4) is 0 Å². The highest BCUT2D eigenvalue weighted by Crippen LogP contribution is 2.35. The van der Waals surface area contributed by atoms with Crippen LogP contribution in [0.5, 0.6) is 0 Å². The third-order valence-electron chi connectivity index (χ3n) is 6.94. The molecule has 4 aromatic rings. The number of H-pyrrole nitrogens is 1. The van der Waals surface area contributed by atoms with Gasteiger partial charge in [0.1, 0.15) is 17.7 Å². The molecule has 1 N–H and O–H groups in total. The van der Waals surface area contributed by atoms with Crippen LogP contribution >= 0.6 is 0 Å². The molecule has 0 aliphatic carbocycles. The minimum Gasteiger partial charge on any atom is -0.353 e. The predicted molar refractivity (Wildman–Crippen MR) is 146 cm³/mol. The van der Waals surface area contributed by atoms with Crippen LogP contribution in [0.4, 0.5) is 23.4 Å². The summed E-state index contributed by atoms with van der Waals surface area (Å²) in [5, 5.41) is 14.5. The molecule has 0 saturated carbocycles. The minimum absolute atomic E-state index is 0.0314.